The number of hydrogen-bond donors (Lipinski definition) is 1. The van der Waals surface area contributed by atoms with Gasteiger partial charge in [0.2, 0.25) is 5.95 Å². The summed E-state index contributed by atoms with van der Waals surface area (Å²) >= 11 is 0. The van der Waals surface area contributed by atoms with Crippen molar-refractivity contribution in [2.75, 3.05) is 24.6 Å². The van der Waals surface area contributed by atoms with Gasteiger partial charge in [0.15, 0.2) is 5.65 Å². The van der Waals surface area contributed by atoms with Gasteiger partial charge in [-0.2, -0.15) is 10.1 Å². The van der Waals surface area contributed by atoms with Gasteiger partial charge in [0.25, 0.3) is 5.56 Å². The number of fused-ring (bicyclic) bond motifs is 1. The summed E-state index contributed by atoms with van der Waals surface area (Å²) in [6.45, 7) is 2.68. The van der Waals surface area contributed by atoms with Crippen molar-refractivity contribution in [1.82, 2.24) is 19.7 Å². The maximum Gasteiger partial charge on any atom is 0.263 e. The maximum absolute atomic E-state index is 12.6. The molecule has 1 unspecified atom stereocenters. The molecule has 4 heterocycles. The van der Waals surface area contributed by atoms with E-state index in [-0.39, 0.29) is 5.56 Å². The van der Waals surface area contributed by atoms with Crippen LogP contribution in [-0.4, -0.2) is 45.5 Å². The molecule has 0 amide bonds. The molecule has 2 fully saturated rings. The zero-order valence-electron chi connectivity index (χ0n) is 15.2. The number of rotatable bonds is 3. The van der Waals surface area contributed by atoms with E-state index in [4.69, 9.17) is 9.72 Å². The number of nitrogens with one attached hydrogen (secondary N) is 1. The SMILES string of the molecule is O=c1[nH]c(N2CCC(C3CCCO3)CC2)nc2c1cnn2-c1ccccc1. The van der Waals surface area contributed by atoms with Gasteiger partial charge in [-0.3, -0.25) is 9.78 Å². The number of para-hydroxylation sites is 1. The molecule has 3 aromatic rings. The fourth-order valence-corrected chi connectivity index (χ4v) is 4.27. The number of H-pyrrole nitrogens is 1. The van der Waals surface area contributed by atoms with Gasteiger partial charge in [-0.15, -0.1) is 0 Å². The van der Waals surface area contributed by atoms with Crippen LogP contribution in [0, 0.1) is 5.92 Å². The molecule has 0 spiro atoms. The summed E-state index contributed by atoms with van der Waals surface area (Å²) in [5, 5.41) is 4.89. The fraction of sp³-hybridized carbons (Fsp3) is 0.450. The number of aromatic amines is 1. The van der Waals surface area contributed by atoms with Gasteiger partial charge in [0.05, 0.1) is 18.0 Å². The smallest absolute Gasteiger partial charge is 0.263 e. The first kappa shape index (κ1) is 16.5. The minimum atomic E-state index is -0.140. The van der Waals surface area contributed by atoms with E-state index in [1.807, 2.05) is 30.3 Å². The van der Waals surface area contributed by atoms with E-state index in [1.54, 1.807) is 10.9 Å². The number of nitrogens with zero attached hydrogens (tertiary/aromatic N) is 4. The lowest BCUT2D eigenvalue weighted by Crippen LogP contribution is -2.39. The quantitative estimate of drug-likeness (QED) is 0.772. The first-order valence-electron chi connectivity index (χ1n) is 9.69. The van der Waals surface area contributed by atoms with Crippen LogP contribution in [0.2, 0.25) is 0 Å². The largest absolute Gasteiger partial charge is 0.378 e. The highest BCUT2D eigenvalue weighted by Crippen LogP contribution is 2.30. The molecule has 0 radical (unpaired) electrons. The summed E-state index contributed by atoms with van der Waals surface area (Å²) in [4.78, 5) is 22.4. The summed E-state index contributed by atoms with van der Waals surface area (Å²) in [6, 6.07) is 9.78. The number of hydrogen-bond acceptors (Lipinski definition) is 5. The van der Waals surface area contributed by atoms with E-state index in [2.05, 4.69) is 15.0 Å². The molecular weight excluding hydrogens is 342 g/mol. The minimum absolute atomic E-state index is 0.140. The molecule has 1 aromatic carbocycles. The fourth-order valence-electron chi connectivity index (χ4n) is 4.27. The van der Waals surface area contributed by atoms with Crippen molar-refractivity contribution >= 4 is 17.0 Å². The Morgan fingerprint density at radius 3 is 2.67 bits per heavy atom. The molecule has 140 valence electrons. The summed E-state index contributed by atoms with van der Waals surface area (Å²) in [6.07, 6.45) is 6.51. The molecule has 0 saturated carbocycles. The lowest BCUT2D eigenvalue weighted by Gasteiger charge is -2.34. The normalized spacial score (nSPS) is 21.2. The predicted octanol–water partition coefficient (Wildman–Crippen LogP) is 2.50. The lowest BCUT2D eigenvalue weighted by atomic mass is 9.90. The first-order valence-corrected chi connectivity index (χ1v) is 9.69. The van der Waals surface area contributed by atoms with Crippen molar-refractivity contribution in [2.45, 2.75) is 31.8 Å². The molecule has 5 rings (SSSR count). The molecule has 0 aliphatic carbocycles. The number of aromatic nitrogens is 4. The van der Waals surface area contributed by atoms with E-state index < -0.39 is 0 Å². The van der Waals surface area contributed by atoms with Crippen LogP contribution >= 0.6 is 0 Å². The first-order chi connectivity index (χ1) is 13.3. The Bertz CT molecular complexity index is 983. The van der Waals surface area contributed by atoms with Crippen molar-refractivity contribution in [3.05, 3.63) is 46.9 Å². The summed E-state index contributed by atoms with van der Waals surface area (Å²) < 4.78 is 7.59. The van der Waals surface area contributed by atoms with Crippen molar-refractivity contribution in [3.63, 3.8) is 0 Å². The zero-order valence-corrected chi connectivity index (χ0v) is 15.2. The van der Waals surface area contributed by atoms with E-state index in [9.17, 15) is 4.79 Å². The van der Waals surface area contributed by atoms with Crippen molar-refractivity contribution in [1.29, 1.82) is 0 Å². The molecule has 2 aliphatic heterocycles. The standard InChI is InChI=1S/C20H23N5O2/c26-19-16-13-21-25(15-5-2-1-3-6-15)18(16)22-20(23-19)24-10-8-14(9-11-24)17-7-4-12-27-17/h1-3,5-6,13-14,17H,4,7-12H2,(H,22,23,26). The van der Waals surface area contributed by atoms with Crippen LogP contribution in [0.5, 0.6) is 0 Å². The van der Waals surface area contributed by atoms with Crippen LogP contribution in [0.4, 0.5) is 5.95 Å². The van der Waals surface area contributed by atoms with Gasteiger partial charge in [-0.1, -0.05) is 18.2 Å². The number of benzene rings is 1. The van der Waals surface area contributed by atoms with E-state index in [1.165, 1.54) is 12.8 Å². The number of piperidine rings is 1. The molecule has 7 nitrogen and oxygen atoms in total. The number of ether oxygens (including phenoxy) is 1. The van der Waals surface area contributed by atoms with Gasteiger partial charge in [0, 0.05) is 19.7 Å². The Balaban J connectivity index is 1.43. The topological polar surface area (TPSA) is 76.0 Å². The van der Waals surface area contributed by atoms with Crippen LogP contribution < -0.4 is 10.5 Å². The summed E-state index contributed by atoms with van der Waals surface area (Å²) in [7, 11) is 0. The lowest BCUT2D eigenvalue weighted by molar-refractivity contribution is 0.0530. The Kier molecular flexibility index (Phi) is 4.16. The highest BCUT2D eigenvalue weighted by molar-refractivity contribution is 5.76. The van der Waals surface area contributed by atoms with Gasteiger partial charge >= 0.3 is 0 Å². The van der Waals surface area contributed by atoms with Crippen molar-refractivity contribution in [3.8, 4) is 5.69 Å². The Morgan fingerprint density at radius 2 is 1.93 bits per heavy atom. The van der Waals surface area contributed by atoms with Crippen LogP contribution in [0.3, 0.4) is 0 Å². The van der Waals surface area contributed by atoms with E-state index in [0.717, 1.165) is 38.2 Å². The van der Waals surface area contributed by atoms with Crippen LogP contribution in [-0.2, 0) is 4.74 Å². The zero-order chi connectivity index (χ0) is 18.2. The van der Waals surface area contributed by atoms with E-state index in [0.29, 0.717) is 29.0 Å². The summed E-state index contributed by atoms with van der Waals surface area (Å²) in [5.41, 5.74) is 1.35. The molecule has 7 heteroatoms. The maximum atomic E-state index is 12.6. The third-order valence-electron chi connectivity index (χ3n) is 5.76. The molecule has 0 bridgehead atoms. The molecule has 2 aliphatic rings. The molecular formula is C20H23N5O2. The van der Waals surface area contributed by atoms with Gasteiger partial charge in [-0.05, 0) is 43.7 Å². The van der Waals surface area contributed by atoms with Gasteiger partial charge in [0.1, 0.15) is 5.39 Å². The summed E-state index contributed by atoms with van der Waals surface area (Å²) in [5.74, 6) is 1.25. The third-order valence-corrected chi connectivity index (χ3v) is 5.76. The number of anilines is 1. The Labute approximate surface area is 157 Å². The third kappa shape index (κ3) is 3.02. The van der Waals surface area contributed by atoms with Gasteiger partial charge < -0.3 is 9.64 Å². The predicted molar refractivity (Wildman–Crippen MR) is 103 cm³/mol. The van der Waals surface area contributed by atoms with Crippen molar-refractivity contribution in [2.24, 2.45) is 5.92 Å². The minimum Gasteiger partial charge on any atom is -0.378 e. The van der Waals surface area contributed by atoms with Gasteiger partial charge in [-0.25, -0.2) is 4.68 Å². The van der Waals surface area contributed by atoms with E-state index >= 15 is 0 Å². The monoisotopic (exact) mass is 365 g/mol. The molecule has 27 heavy (non-hydrogen) atoms. The molecule has 1 atom stereocenters. The Hall–Kier alpha value is -2.67. The highest BCUT2D eigenvalue weighted by atomic mass is 16.5. The average Bonchev–Trinajstić information content (AvgIpc) is 3.39. The van der Waals surface area contributed by atoms with Crippen LogP contribution in [0.25, 0.3) is 16.7 Å². The van der Waals surface area contributed by atoms with Crippen LogP contribution in [0.15, 0.2) is 41.3 Å². The average molecular weight is 365 g/mol. The van der Waals surface area contributed by atoms with Crippen LogP contribution in [0.1, 0.15) is 25.7 Å². The second-order valence-electron chi connectivity index (χ2n) is 7.39. The molecule has 2 saturated heterocycles. The Morgan fingerprint density at radius 1 is 1.11 bits per heavy atom. The molecule has 2 aromatic heterocycles. The highest BCUT2D eigenvalue weighted by Gasteiger charge is 2.30. The second-order valence-corrected chi connectivity index (χ2v) is 7.39. The second kappa shape index (κ2) is 6.81. The molecule has 1 N–H and O–H groups in total. The van der Waals surface area contributed by atoms with Crippen molar-refractivity contribution < 1.29 is 4.74 Å².